The molecule has 4 nitrogen and oxygen atoms in total. The lowest BCUT2D eigenvalue weighted by Crippen LogP contribution is -2.44. The highest BCUT2D eigenvalue weighted by Crippen LogP contribution is 2.25. The third-order valence-corrected chi connectivity index (χ3v) is 4.81. The first kappa shape index (κ1) is 15.1. The van der Waals surface area contributed by atoms with Crippen molar-refractivity contribution in [3.8, 4) is 0 Å². The van der Waals surface area contributed by atoms with Crippen molar-refractivity contribution in [3.63, 3.8) is 0 Å². The summed E-state index contributed by atoms with van der Waals surface area (Å²) in [5.41, 5.74) is 5.25. The van der Waals surface area contributed by atoms with Crippen LogP contribution >= 0.6 is 0 Å². The second-order valence-corrected chi connectivity index (χ2v) is 6.65. The predicted octanol–water partition coefficient (Wildman–Crippen LogP) is 2.25. The molecule has 3 rings (SSSR count). The van der Waals surface area contributed by atoms with E-state index in [1.807, 2.05) is 4.90 Å². The van der Waals surface area contributed by atoms with Crippen LogP contribution in [-0.4, -0.2) is 29.3 Å². The Morgan fingerprint density at radius 3 is 2.91 bits per heavy atom. The van der Waals surface area contributed by atoms with Gasteiger partial charge in [0.1, 0.15) is 0 Å². The van der Waals surface area contributed by atoms with Gasteiger partial charge in [-0.15, -0.1) is 0 Å². The van der Waals surface area contributed by atoms with Crippen molar-refractivity contribution in [1.82, 2.24) is 10.2 Å². The van der Waals surface area contributed by atoms with Gasteiger partial charge in [0, 0.05) is 32.0 Å². The Kier molecular flexibility index (Phi) is 4.19. The fourth-order valence-electron chi connectivity index (χ4n) is 3.65. The van der Waals surface area contributed by atoms with Gasteiger partial charge in [-0.1, -0.05) is 17.7 Å². The molecule has 1 atom stereocenters. The Bertz CT molecular complexity index is 609. The lowest BCUT2D eigenvalue weighted by atomic mass is 9.93. The van der Waals surface area contributed by atoms with E-state index in [2.05, 4.69) is 31.3 Å². The molecule has 2 aliphatic rings. The smallest absolute Gasteiger partial charge is 0.224 e. The van der Waals surface area contributed by atoms with Crippen LogP contribution in [0.2, 0.25) is 0 Å². The van der Waals surface area contributed by atoms with Crippen LogP contribution in [0.4, 0.5) is 0 Å². The molecule has 4 heteroatoms. The minimum absolute atomic E-state index is 0.0225. The minimum atomic E-state index is 0.0225. The summed E-state index contributed by atoms with van der Waals surface area (Å²) in [5, 5.41) is 2.94. The van der Waals surface area contributed by atoms with Crippen LogP contribution in [0.1, 0.15) is 47.9 Å². The first-order valence-electron chi connectivity index (χ1n) is 8.19. The summed E-state index contributed by atoms with van der Waals surface area (Å²) in [4.78, 5) is 25.9. The van der Waals surface area contributed by atoms with Gasteiger partial charge in [0.25, 0.3) is 0 Å². The van der Waals surface area contributed by atoms with Gasteiger partial charge in [-0.2, -0.15) is 0 Å². The average Bonchev–Trinajstić information content (AvgIpc) is 2.46. The molecular weight excluding hydrogens is 276 g/mol. The van der Waals surface area contributed by atoms with E-state index in [0.717, 1.165) is 25.8 Å². The van der Waals surface area contributed by atoms with Gasteiger partial charge in [0.05, 0.1) is 0 Å². The molecule has 2 aliphatic heterocycles. The lowest BCUT2D eigenvalue weighted by Gasteiger charge is -2.32. The number of nitrogens with zero attached hydrogens (tertiary/aromatic N) is 1. The standard InChI is InChI=1S/C18H24N2O2/c1-12-8-13(2)16-11-20(7-6-14(16)9-12)18(22)10-15-4-3-5-17(21)19-15/h8-9,15H,3-7,10-11H2,1-2H3,(H,19,21). The van der Waals surface area contributed by atoms with Crippen LogP contribution in [0, 0.1) is 13.8 Å². The molecule has 1 N–H and O–H groups in total. The fourth-order valence-corrected chi connectivity index (χ4v) is 3.65. The number of carbonyl (C=O) groups excluding carboxylic acids is 2. The number of hydrogen-bond acceptors (Lipinski definition) is 2. The summed E-state index contributed by atoms with van der Waals surface area (Å²) in [6.45, 7) is 5.74. The number of fused-ring (bicyclic) bond motifs is 1. The lowest BCUT2D eigenvalue weighted by molar-refractivity contribution is -0.133. The maximum absolute atomic E-state index is 12.5. The number of amides is 2. The van der Waals surface area contributed by atoms with Gasteiger partial charge in [0.2, 0.25) is 11.8 Å². The molecule has 0 saturated carbocycles. The Hall–Kier alpha value is -1.84. The van der Waals surface area contributed by atoms with E-state index < -0.39 is 0 Å². The first-order valence-corrected chi connectivity index (χ1v) is 8.19. The van der Waals surface area contributed by atoms with E-state index in [0.29, 0.717) is 19.4 Å². The molecule has 0 spiro atoms. The Labute approximate surface area is 131 Å². The summed E-state index contributed by atoms with van der Waals surface area (Å²) < 4.78 is 0. The number of benzene rings is 1. The summed E-state index contributed by atoms with van der Waals surface area (Å²) in [7, 11) is 0. The largest absolute Gasteiger partial charge is 0.353 e. The van der Waals surface area contributed by atoms with Crippen LogP contribution < -0.4 is 5.32 Å². The summed E-state index contributed by atoms with van der Waals surface area (Å²) in [6.07, 6.45) is 3.78. The van der Waals surface area contributed by atoms with Gasteiger partial charge >= 0.3 is 0 Å². The maximum atomic E-state index is 12.5. The Morgan fingerprint density at radius 2 is 2.14 bits per heavy atom. The van der Waals surface area contributed by atoms with Gasteiger partial charge in [-0.25, -0.2) is 0 Å². The molecule has 2 amide bonds. The number of nitrogens with one attached hydrogen (secondary N) is 1. The molecule has 0 bridgehead atoms. The average molecular weight is 300 g/mol. The second kappa shape index (κ2) is 6.11. The number of piperidine rings is 1. The van der Waals surface area contributed by atoms with Crippen LogP contribution in [0.5, 0.6) is 0 Å². The number of aryl methyl sites for hydroxylation is 2. The molecule has 1 saturated heterocycles. The molecule has 0 radical (unpaired) electrons. The van der Waals surface area contributed by atoms with Gasteiger partial charge in [0.15, 0.2) is 0 Å². The third-order valence-electron chi connectivity index (χ3n) is 4.81. The summed E-state index contributed by atoms with van der Waals surface area (Å²) >= 11 is 0. The number of carbonyl (C=O) groups is 2. The van der Waals surface area contributed by atoms with Crippen LogP contribution in [0.3, 0.4) is 0 Å². The Morgan fingerprint density at radius 1 is 1.32 bits per heavy atom. The van der Waals surface area contributed by atoms with Crippen LogP contribution in [0.15, 0.2) is 12.1 Å². The van der Waals surface area contributed by atoms with Crippen molar-refractivity contribution in [3.05, 3.63) is 34.4 Å². The summed E-state index contributed by atoms with van der Waals surface area (Å²) in [5.74, 6) is 0.247. The molecule has 118 valence electrons. The number of rotatable bonds is 2. The molecule has 1 aromatic rings. The van der Waals surface area contributed by atoms with Crippen molar-refractivity contribution in [1.29, 1.82) is 0 Å². The van der Waals surface area contributed by atoms with Crippen LogP contribution in [0.25, 0.3) is 0 Å². The highest BCUT2D eigenvalue weighted by molar-refractivity contribution is 5.80. The zero-order chi connectivity index (χ0) is 15.7. The summed E-state index contributed by atoms with van der Waals surface area (Å²) in [6, 6.07) is 4.45. The van der Waals surface area contributed by atoms with E-state index in [9.17, 15) is 9.59 Å². The highest BCUT2D eigenvalue weighted by atomic mass is 16.2. The van der Waals surface area contributed by atoms with Crippen molar-refractivity contribution in [2.24, 2.45) is 0 Å². The highest BCUT2D eigenvalue weighted by Gasteiger charge is 2.26. The van der Waals surface area contributed by atoms with E-state index in [4.69, 9.17) is 0 Å². The first-order chi connectivity index (χ1) is 10.5. The SMILES string of the molecule is Cc1cc(C)c2c(c1)CCN(C(=O)CC1CCCC(=O)N1)C2. The van der Waals surface area contributed by atoms with Crippen LogP contribution in [-0.2, 0) is 22.6 Å². The van der Waals surface area contributed by atoms with Crippen molar-refractivity contribution < 1.29 is 9.59 Å². The maximum Gasteiger partial charge on any atom is 0.224 e. The molecule has 0 aromatic heterocycles. The van der Waals surface area contributed by atoms with E-state index >= 15 is 0 Å². The monoisotopic (exact) mass is 300 g/mol. The van der Waals surface area contributed by atoms with Gasteiger partial charge in [-0.3, -0.25) is 9.59 Å². The fraction of sp³-hybridized carbons (Fsp3) is 0.556. The molecule has 22 heavy (non-hydrogen) atoms. The van der Waals surface area contributed by atoms with Crippen molar-refractivity contribution in [2.75, 3.05) is 6.54 Å². The molecule has 0 aliphatic carbocycles. The van der Waals surface area contributed by atoms with E-state index in [1.165, 1.54) is 22.3 Å². The van der Waals surface area contributed by atoms with E-state index in [1.54, 1.807) is 0 Å². The molecule has 1 unspecified atom stereocenters. The number of hydrogen-bond donors (Lipinski definition) is 1. The molecule has 1 aromatic carbocycles. The zero-order valence-electron chi connectivity index (χ0n) is 13.4. The van der Waals surface area contributed by atoms with Crippen molar-refractivity contribution >= 4 is 11.8 Å². The normalized spacial score (nSPS) is 21.3. The molecule has 1 fully saturated rings. The molecular formula is C18H24N2O2. The minimum Gasteiger partial charge on any atom is -0.353 e. The topological polar surface area (TPSA) is 49.4 Å². The zero-order valence-corrected chi connectivity index (χ0v) is 13.4. The Balaban J connectivity index is 1.66. The van der Waals surface area contributed by atoms with Crippen molar-refractivity contribution in [2.45, 2.75) is 58.5 Å². The predicted molar refractivity (Wildman–Crippen MR) is 85.4 cm³/mol. The second-order valence-electron chi connectivity index (χ2n) is 6.65. The van der Waals surface area contributed by atoms with E-state index in [-0.39, 0.29) is 17.9 Å². The van der Waals surface area contributed by atoms with Gasteiger partial charge in [-0.05, 0) is 49.8 Å². The molecule has 2 heterocycles. The quantitative estimate of drug-likeness (QED) is 0.910. The van der Waals surface area contributed by atoms with Gasteiger partial charge < -0.3 is 10.2 Å². The third kappa shape index (κ3) is 3.16.